The highest BCUT2D eigenvalue weighted by molar-refractivity contribution is 5.94. The normalized spacial score (nSPS) is 14.8. The Bertz CT molecular complexity index is 1410. The average molecular weight is 558 g/mol. The van der Waals surface area contributed by atoms with E-state index in [9.17, 15) is 18.4 Å². The number of oxazole rings is 1. The Morgan fingerprint density at radius 2 is 1.82 bits per heavy atom. The van der Waals surface area contributed by atoms with Crippen molar-refractivity contribution in [3.8, 4) is 23.0 Å². The first kappa shape index (κ1) is 28.8. The lowest BCUT2D eigenvalue weighted by Gasteiger charge is -2.38. The molecule has 11 heteroatoms. The Kier molecular flexibility index (Phi) is 8.04. The number of nitrogens with zero attached hydrogens (tertiary/aromatic N) is 1. The molecular weight excluding hydrogens is 524 g/mol. The highest BCUT2D eigenvalue weighted by atomic mass is 19.1. The first-order valence-corrected chi connectivity index (χ1v) is 12.9. The van der Waals surface area contributed by atoms with Gasteiger partial charge < -0.3 is 29.7 Å². The van der Waals surface area contributed by atoms with Gasteiger partial charge in [-0.3, -0.25) is 4.79 Å². The van der Waals surface area contributed by atoms with E-state index >= 15 is 0 Å². The second-order valence-corrected chi connectivity index (χ2v) is 10.9. The molecule has 1 saturated carbocycles. The Morgan fingerprint density at radius 3 is 2.42 bits per heavy atom. The summed E-state index contributed by atoms with van der Waals surface area (Å²) in [6.07, 6.45) is 1.14. The maximum absolute atomic E-state index is 14.2. The molecule has 9 nitrogen and oxygen atoms in total. The van der Waals surface area contributed by atoms with Crippen LogP contribution in [0, 0.1) is 23.0 Å². The van der Waals surface area contributed by atoms with Gasteiger partial charge in [-0.1, -0.05) is 26.8 Å². The average Bonchev–Trinajstić information content (AvgIpc) is 3.60. The molecule has 3 aromatic rings. The zero-order valence-corrected chi connectivity index (χ0v) is 23.1. The molecule has 1 fully saturated rings. The summed E-state index contributed by atoms with van der Waals surface area (Å²) in [6.45, 7) is 7.20. The molecule has 1 aromatic heterocycles. The third-order valence-electron chi connectivity index (χ3n) is 7.05. The van der Waals surface area contributed by atoms with Crippen LogP contribution in [-0.2, 0) is 16.9 Å². The summed E-state index contributed by atoms with van der Waals surface area (Å²) in [5.74, 6) is -0.769. The van der Waals surface area contributed by atoms with Crippen molar-refractivity contribution in [2.75, 3.05) is 13.7 Å². The number of aromatic nitrogens is 1. The number of benzene rings is 2. The molecule has 0 radical (unpaired) electrons. The van der Waals surface area contributed by atoms with Crippen LogP contribution in [-0.4, -0.2) is 30.7 Å². The van der Waals surface area contributed by atoms with Gasteiger partial charge in [0.25, 0.3) is 5.91 Å². The highest BCUT2D eigenvalue weighted by Gasteiger charge is 2.49. The molecular formula is C29H33F2N3O6. The number of nitrogens with two attached hydrogens (primary N) is 1. The number of halogens is 2. The molecule has 1 heterocycles. The van der Waals surface area contributed by atoms with E-state index in [2.05, 4.69) is 10.3 Å². The minimum absolute atomic E-state index is 0.0515. The minimum atomic E-state index is -1.53. The Balaban J connectivity index is 1.75. The molecule has 2 amide bonds. The van der Waals surface area contributed by atoms with Crippen LogP contribution in [0.4, 0.5) is 13.6 Å². The van der Waals surface area contributed by atoms with Crippen LogP contribution < -0.4 is 20.5 Å². The van der Waals surface area contributed by atoms with E-state index in [4.69, 9.17) is 24.4 Å². The van der Waals surface area contributed by atoms with E-state index in [1.165, 1.54) is 13.2 Å². The fourth-order valence-electron chi connectivity index (χ4n) is 4.00. The second kappa shape index (κ2) is 11.1. The van der Waals surface area contributed by atoms with E-state index in [-0.39, 0.29) is 29.5 Å². The Hall–Kier alpha value is -4.15. The quantitative estimate of drug-likeness (QED) is 0.327. The predicted octanol–water partition coefficient (Wildman–Crippen LogP) is 5.70. The number of hydrogen-bond donors (Lipinski definition) is 2. The lowest BCUT2D eigenvalue weighted by molar-refractivity contribution is -0.0707. The van der Waals surface area contributed by atoms with E-state index in [1.807, 2.05) is 0 Å². The van der Waals surface area contributed by atoms with Crippen molar-refractivity contribution in [3.05, 3.63) is 65.1 Å². The summed E-state index contributed by atoms with van der Waals surface area (Å²) in [7, 11) is 1.53. The molecule has 0 aliphatic heterocycles. The van der Waals surface area contributed by atoms with Gasteiger partial charge in [0.1, 0.15) is 11.6 Å². The summed E-state index contributed by atoms with van der Waals surface area (Å²) in [4.78, 5) is 29.8. The first-order valence-electron chi connectivity index (χ1n) is 12.9. The lowest BCUT2D eigenvalue weighted by atomic mass is 9.75. The Labute approximate surface area is 231 Å². The number of primary amides is 1. The molecule has 1 unspecified atom stereocenters. The molecule has 0 bridgehead atoms. The molecule has 4 rings (SSSR count). The second-order valence-electron chi connectivity index (χ2n) is 10.9. The number of carbonyl (C=O) groups excluding carboxylic acids is 2. The van der Waals surface area contributed by atoms with Gasteiger partial charge in [0.15, 0.2) is 28.6 Å². The van der Waals surface area contributed by atoms with Crippen molar-refractivity contribution in [3.63, 3.8) is 0 Å². The number of rotatable bonds is 10. The van der Waals surface area contributed by atoms with Crippen molar-refractivity contribution in [2.24, 2.45) is 17.1 Å². The van der Waals surface area contributed by atoms with Gasteiger partial charge in [-0.25, -0.2) is 18.6 Å². The molecule has 3 N–H and O–H groups in total. The van der Waals surface area contributed by atoms with Crippen LogP contribution in [0.5, 0.6) is 11.5 Å². The topological polar surface area (TPSA) is 126 Å². The summed E-state index contributed by atoms with van der Waals surface area (Å²) in [5.41, 5.74) is 3.43. The van der Waals surface area contributed by atoms with Crippen LogP contribution in [0.3, 0.4) is 0 Å². The third-order valence-corrected chi connectivity index (χ3v) is 7.05. The lowest BCUT2D eigenvalue weighted by Crippen LogP contribution is -2.44. The van der Waals surface area contributed by atoms with Gasteiger partial charge in [0, 0.05) is 29.2 Å². The van der Waals surface area contributed by atoms with Gasteiger partial charge in [0.05, 0.1) is 13.7 Å². The largest absolute Gasteiger partial charge is 0.493 e. The molecule has 2 aromatic carbocycles. The summed E-state index contributed by atoms with van der Waals surface area (Å²) < 4.78 is 50.6. The van der Waals surface area contributed by atoms with E-state index in [0.717, 1.165) is 25.0 Å². The van der Waals surface area contributed by atoms with Crippen LogP contribution in [0.1, 0.15) is 62.3 Å². The van der Waals surface area contributed by atoms with Gasteiger partial charge in [-0.2, -0.15) is 0 Å². The highest BCUT2D eigenvalue weighted by Crippen LogP contribution is 2.45. The predicted molar refractivity (Wildman–Crippen MR) is 142 cm³/mol. The van der Waals surface area contributed by atoms with Crippen LogP contribution >= 0.6 is 0 Å². The zero-order chi connectivity index (χ0) is 29.2. The van der Waals surface area contributed by atoms with Crippen molar-refractivity contribution >= 4 is 12.0 Å². The zero-order valence-electron chi connectivity index (χ0n) is 23.1. The molecule has 1 atom stereocenters. The van der Waals surface area contributed by atoms with Crippen molar-refractivity contribution in [1.29, 1.82) is 0 Å². The molecule has 1 aliphatic rings. The first-order chi connectivity index (χ1) is 18.8. The summed E-state index contributed by atoms with van der Waals surface area (Å²) in [6, 6.07) is 8.13. The smallest absolute Gasteiger partial charge is 0.405 e. The van der Waals surface area contributed by atoms with Crippen LogP contribution in [0.15, 0.2) is 40.8 Å². The van der Waals surface area contributed by atoms with Gasteiger partial charge in [-0.05, 0) is 49.9 Å². The molecule has 214 valence electrons. The standard InChI is InChI=1S/C29H33F2N3O6/c1-28(2,3)29(4,40-27(32)36)24-23(25(35)33-14-18-8-10-19(30)13-20(18)31)34-26(39-24)17-9-11-21(37-5)22(12-17)38-15-16-6-7-16/h8-13,16H,6-7,14-15H2,1-5H3,(H2,32,36)(H,33,35). The van der Waals surface area contributed by atoms with Gasteiger partial charge in [-0.15, -0.1) is 0 Å². The maximum atomic E-state index is 14.2. The maximum Gasteiger partial charge on any atom is 0.405 e. The van der Waals surface area contributed by atoms with Crippen LogP contribution in [0.25, 0.3) is 11.5 Å². The Morgan fingerprint density at radius 1 is 1.10 bits per heavy atom. The van der Waals surface area contributed by atoms with Crippen molar-refractivity contribution < 1.29 is 37.0 Å². The number of hydrogen-bond acceptors (Lipinski definition) is 7. The fraction of sp³-hybridized carbons (Fsp3) is 0.414. The van der Waals surface area contributed by atoms with Crippen molar-refractivity contribution in [1.82, 2.24) is 10.3 Å². The number of carbonyl (C=O) groups is 2. The van der Waals surface area contributed by atoms with Crippen molar-refractivity contribution in [2.45, 2.75) is 52.7 Å². The molecule has 0 saturated heterocycles. The molecule has 0 spiro atoms. The molecule has 1 aliphatic carbocycles. The fourth-order valence-corrected chi connectivity index (χ4v) is 4.00. The number of ether oxygens (including phenoxy) is 3. The number of amides is 2. The van der Waals surface area contributed by atoms with Crippen LogP contribution in [0.2, 0.25) is 0 Å². The minimum Gasteiger partial charge on any atom is -0.493 e. The monoisotopic (exact) mass is 557 g/mol. The summed E-state index contributed by atoms with van der Waals surface area (Å²) >= 11 is 0. The van der Waals surface area contributed by atoms with E-state index < -0.39 is 34.7 Å². The van der Waals surface area contributed by atoms with E-state index in [0.29, 0.717) is 29.6 Å². The number of nitrogens with one attached hydrogen (secondary N) is 1. The third kappa shape index (κ3) is 6.19. The van der Waals surface area contributed by atoms with E-state index in [1.54, 1.807) is 45.9 Å². The summed E-state index contributed by atoms with van der Waals surface area (Å²) in [5, 5.41) is 2.59. The van der Waals surface area contributed by atoms with Gasteiger partial charge in [0.2, 0.25) is 5.89 Å². The van der Waals surface area contributed by atoms with Gasteiger partial charge >= 0.3 is 6.09 Å². The molecule has 40 heavy (non-hydrogen) atoms. The number of methoxy groups -OCH3 is 1. The SMILES string of the molecule is COc1ccc(-c2nc(C(=O)NCc3ccc(F)cc3F)c(C(C)(OC(N)=O)C(C)(C)C)o2)cc1OCC1CC1.